The van der Waals surface area contributed by atoms with Gasteiger partial charge in [0.25, 0.3) is 0 Å². The summed E-state index contributed by atoms with van der Waals surface area (Å²) in [7, 11) is 3.61. The van der Waals surface area contributed by atoms with Crippen LogP contribution in [0.1, 0.15) is 53.3 Å². The number of benzene rings is 4. The van der Waals surface area contributed by atoms with Gasteiger partial charge in [0.05, 0.1) is 33.7 Å². The van der Waals surface area contributed by atoms with Crippen LogP contribution in [0.25, 0.3) is 0 Å². The average molecular weight is 835 g/mol. The third-order valence-electron chi connectivity index (χ3n) is 9.10. The zero-order chi connectivity index (χ0) is 41.1. The number of aromatic amines is 1. The van der Waals surface area contributed by atoms with E-state index in [0.717, 1.165) is 60.7 Å². The average Bonchev–Trinajstić information content (AvgIpc) is 4.00. The van der Waals surface area contributed by atoms with Crippen molar-refractivity contribution in [1.29, 1.82) is 0 Å². The molecule has 1 saturated heterocycles. The summed E-state index contributed by atoms with van der Waals surface area (Å²) in [5.41, 5.74) is 5.98. The van der Waals surface area contributed by atoms with E-state index in [-0.39, 0.29) is 30.1 Å². The van der Waals surface area contributed by atoms with E-state index in [1.807, 2.05) is 65.0 Å². The van der Waals surface area contributed by atoms with Crippen LogP contribution in [0.5, 0.6) is 17.2 Å². The van der Waals surface area contributed by atoms with Gasteiger partial charge < -0.3 is 28.8 Å². The van der Waals surface area contributed by atoms with Gasteiger partial charge in [-0.25, -0.2) is 13.2 Å². The molecule has 0 saturated carbocycles. The number of rotatable bonds is 15. The monoisotopic (exact) mass is 834 g/mol. The summed E-state index contributed by atoms with van der Waals surface area (Å²) in [5, 5.41) is 14.9. The van der Waals surface area contributed by atoms with E-state index in [2.05, 4.69) is 63.9 Å². The van der Waals surface area contributed by atoms with E-state index in [1.54, 1.807) is 33.6 Å². The third kappa shape index (κ3) is 15.2. The molecule has 308 valence electrons. The van der Waals surface area contributed by atoms with Gasteiger partial charge in [0, 0.05) is 32.8 Å². The number of aryl methyl sites for hydroxylation is 1. The van der Waals surface area contributed by atoms with Gasteiger partial charge in [-0.15, -0.1) is 0 Å². The van der Waals surface area contributed by atoms with Gasteiger partial charge in [0.15, 0.2) is 6.23 Å². The molecule has 0 radical (unpaired) electrons. The normalized spacial score (nSPS) is 14.4. The van der Waals surface area contributed by atoms with Crippen molar-refractivity contribution in [1.82, 2.24) is 29.6 Å². The third-order valence-corrected chi connectivity index (χ3v) is 11.1. The summed E-state index contributed by atoms with van der Waals surface area (Å²) in [5.74, 6) is 2.49. The molecule has 3 atom stereocenters. The van der Waals surface area contributed by atoms with E-state index >= 15 is 0 Å². The SMILES string of the molecule is COc1ccc(CN(Cc2ccc(OC)cc2)S(=O)c2ccn[nH]2)cc1.COc1ccc(CNCc2ccc(C)cc2)cc1.O=S([O-])c1ccnn1C1CCCCO1.[Li+]. The van der Waals surface area contributed by atoms with Crippen LogP contribution in [0, 0.1) is 6.92 Å². The molecule has 1 aliphatic heterocycles. The second kappa shape index (κ2) is 25.1. The second-order valence-corrected chi connectivity index (χ2v) is 15.6. The van der Waals surface area contributed by atoms with E-state index in [0.29, 0.717) is 24.7 Å². The Balaban J connectivity index is 0.000000204. The molecule has 2 N–H and O–H groups in total. The van der Waals surface area contributed by atoms with E-state index in [9.17, 15) is 13.0 Å². The Hall–Kier alpha value is -4.56. The maximum atomic E-state index is 13.0. The minimum absolute atomic E-state index is 0. The van der Waals surface area contributed by atoms with Crippen molar-refractivity contribution in [2.24, 2.45) is 0 Å². The number of nitrogens with one attached hydrogen (secondary N) is 2. The van der Waals surface area contributed by atoms with Gasteiger partial charge in [-0.1, -0.05) is 66.2 Å². The predicted octanol–water partition coefficient (Wildman–Crippen LogP) is 4.27. The first-order valence-corrected chi connectivity index (χ1v) is 21.0. The van der Waals surface area contributed by atoms with E-state index in [4.69, 9.17) is 18.9 Å². The van der Waals surface area contributed by atoms with Crippen LogP contribution in [0.2, 0.25) is 0 Å². The molecule has 7 rings (SSSR count). The van der Waals surface area contributed by atoms with Crippen molar-refractivity contribution < 1.29 is 50.8 Å². The summed E-state index contributed by atoms with van der Waals surface area (Å²) in [6, 6.07) is 35.5. The van der Waals surface area contributed by atoms with Gasteiger partial charge in [0.1, 0.15) is 38.3 Å². The minimum atomic E-state index is -2.24. The van der Waals surface area contributed by atoms with Crippen LogP contribution in [-0.2, 0) is 53.0 Å². The summed E-state index contributed by atoms with van der Waals surface area (Å²) >= 11 is -2.24. The molecule has 3 heterocycles. The summed E-state index contributed by atoms with van der Waals surface area (Å²) in [6.07, 6.45) is 5.77. The molecule has 3 unspecified atom stereocenters. The standard InChI is InChI=1S/C19H21N3O3S.C16H19NO.C8H12N2O3S.Li/c1-24-17-7-3-15(4-8-17)13-22(26(23)19-11-12-20-21-19)14-16-5-9-18(25-2)10-6-16;1-13-3-5-14(6-4-13)11-17-12-15-7-9-16(18-2)10-8-15;11-14(12)8-4-5-9-10(8)7-3-1-2-6-13-7;/h3-12H,13-14H2,1-2H3,(H,20,21);3-10,17H,11-12H2,1-2H3;4-5,7H,1-3,6H2,(H,11,12);/q;;;+1/p-1. The Kier molecular flexibility index (Phi) is 20.1. The number of hydrogen-bond donors (Lipinski definition) is 2. The molecule has 0 bridgehead atoms. The van der Waals surface area contributed by atoms with Crippen LogP contribution in [0.3, 0.4) is 0 Å². The molecule has 0 aliphatic carbocycles. The summed E-state index contributed by atoms with van der Waals surface area (Å²) in [6.45, 7) is 5.61. The Morgan fingerprint density at radius 3 is 1.69 bits per heavy atom. The van der Waals surface area contributed by atoms with Gasteiger partial charge in [0.2, 0.25) is 0 Å². The van der Waals surface area contributed by atoms with Crippen molar-refractivity contribution in [3.63, 3.8) is 0 Å². The maximum Gasteiger partial charge on any atom is 1.00 e. The van der Waals surface area contributed by atoms with Crippen LogP contribution >= 0.6 is 0 Å². The predicted molar refractivity (Wildman–Crippen MR) is 223 cm³/mol. The molecule has 1 aliphatic rings. The largest absolute Gasteiger partial charge is 1.00 e. The molecule has 2 aromatic heterocycles. The Bertz CT molecular complexity index is 2060. The second-order valence-electron chi connectivity index (χ2n) is 13.3. The molecular formula is C43H51LiN6O7S2. The number of hydrogen-bond acceptors (Lipinski definition) is 10. The fourth-order valence-electron chi connectivity index (χ4n) is 5.89. The van der Waals surface area contributed by atoms with Crippen LogP contribution < -0.4 is 38.4 Å². The number of nitrogens with zero attached hydrogens (tertiary/aromatic N) is 4. The van der Waals surface area contributed by atoms with Crippen molar-refractivity contribution in [3.05, 3.63) is 149 Å². The van der Waals surface area contributed by atoms with Gasteiger partial charge in [-0.05, 0) is 108 Å². The molecule has 0 amide bonds. The van der Waals surface area contributed by atoms with Gasteiger partial charge in [-0.3, -0.25) is 9.31 Å². The number of methoxy groups -OCH3 is 3. The van der Waals surface area contributed by atoms with Crippen molar-refractivity contribution in [3.8, 4) is 17.2 Å². The van der Waals surface area contributed by atoms with Crippen molar-refractivity contribution >= 4 is 22.1 Å². The fourth-order valence-corrected chi connectivity index (χ4v) is 7.50. The molecule has 16 heteroatoms. The van der Waals surface area contributed by atoms with Crippen molar-refractivity contribution in [2.45, 2.75) is 68.6 Å². The molecule has 1 fully saturated rings. The summed E-state index contributed by atoms with van der Waals surface area (Å²) in [4.78, 5) is 0. The smallest absolute Gasteiger partial charge is 0.767 e. The van der Waals surface area contributed by atoms with Crippen LogP contribution in [0.4, 0.5) is 0 Å². The number of aromatic nitrogens is 4. The first-order chi connectivity index (χ1) is 28.3. The Morgan fingerprint density at radius 2 is 1.25 bits per heavy atom. The van der Waals surface area contributed by atoms with E-state index in [1.165, 1.54) is 33.6 Å². The van der Waals surface area contributed by atoms with Crippen LogP contribution in [0.15, 0.2) is 132 Å². The van der Waals surface area contributed by atoms with Gasteiger partial charge >= 0.3 is 18.9 Å². The Morgan fingerprint density at radius 1 is 0.746 bits per heavy atom. The number of H-pyrrole nitrogens is 1. The van der Waals surface area contributed by atoms with Crippen molar-refractivity contribution in [2.75, 3.05) is 27.9 Å². The fraction of sp³-hybridized carbons (Fsp3) is 0.302. The first-order valence-electron chi connectivity index (χ1n) is 18.8. The molecular weight excluding hydrogens is 784 g/mol. The Labute approximate surface area is 363 Å². The summed E-state index contributed by atoms with van der Waals surface area (Å²) < 4.78 is 58.9. The molecule has 59 heavy (non-hydrogen) atoms. The van der Waals surface area contributed by atoms with E-state index < -0.39 is 22.1 Å². The topological polar surface area (TPSA) is 156 Å². The molecule has 0 spiro atoms. The van der Waals surface area contributed by atoms with Crippen LogP contribution in [-0.4, -0.2) is 65.2 Å². The van der Waals surface area contributed by atoms with Gasteiger partial charge in [-0.2, -0.15) is 10.2 Å². The maximum absolute atomic E-state index is 13.0. The molecule has 4 aromatic carbocycles. The quantitative estimate of drug-likeness (QED) is 0.113. The molecule has 6 aromatic rings. The first kappa shape index (κ1) is 47.1. The zero-order valence-electron chi connectivity index (χ0n) is 34.2. The number of ether oxygens (including phenoxy) is 4. The molecule has 13 nitrogen and oxygen atoms in total. The minimum Gasteiger partial charge on any atom is -0.767 e. The zero-order valence-corrected chi connectivity index (χ0v) is 35.9.